The molecule has 1 atom stereocenters. The summed E-state index contributed by atoms with van der Waals surface area (Å²) in [5.41, 5.74) is 1.87. The Balaban J connectivity index is 1.95. The second kappa shape index (κ2) is 4.53. The summed E-state index contributed by atoms with van der Waals surface area (Å²) >= 11 is 1.61. The first-order valence-electron chi connectivity index (χ1n) is 5.61. The average Bonchev–Trinajstić information content (AvgIpc) is 2.98. The number of ketones is 1. The highest BCUT2D eigenvalue weighted by Gasteiger charge is 2.31. The van der Waals surface area contributed by atoms with Gasteiger partial charge in [0.05, 0.1) is 5.75 Å². The molecule has 1 saturated heterocycles. The molecular weight excluding hydrogens is 250 g/mol. The minimum absolute atomic E-state index is 0.168. The number of rotatable bonds is 2. The second-order valence-corrected chi connectivity index (χ2v) is 5.21. The SMILES string of the molecule is Cc1cnccc1-c1noc(C2CSCC2=O)n1. The normalized spacial score (nSPS) is 19.4. The maximum atomic E-state index is 11.6. The van der Waals surface area contributed by atoms with Crippen molar-refractivity contribution in [3.63, 3.8) is 0 Å². The summed E-state index contributed by atoms with van der Waals surface area (Å²) in [6, 6.07) is 1.84. The van der Waals surface area contributed by atoms with Gasteiger partial charge in [-0.3, -0.25) is 9.78 Å². The van der Waals surface area contributed by atoms with Gasteiger partial charge in [0.2, 0.25) is 11.7 Å². The van der Waals surface area contributed by atoms with E-state index in [4.69, 9.17) is 4.52 Å². The number of hydrogen-bond donors (Lipinski definition) is 0. The zero-order valence-electron chi connectivity index (χ0n) is 9.79. The minimum Gasteiger partial charge on any atom is -0.338 e. The molecule has 3 heterocycles. The van der Waals surface area contributed by atoms with Crippen molar-refractivity contribution in [3.05, 3.63) is 29.9 Å². The molecule has 1 aliphatic rings. The summed E-state index contributed by atoms with van der Waals surface area (Å²) in [6.07, 6.45) is 3.44. The third-order valence-corrected chi connectivity index (χ3v) is 3.98. The molecule has 2 aromatic rings. The minimum atomic E-state index is -0.238. The molecule has 0 spiro atoms. The van der Waals surface area contributed by atoms with Crippen LogP contribution >= 0.6 is 11.8 Å². The fourth-order valence-corrected chi connectivity index (χ4v) is 2.97. The first-order chi connectivity index (χ1) is 8.75. The molecule has 0 radical (unpaired) electrons. The van der Waals surface area contributed by atoms with E-state index in [1.807, 2.05) is 13.0 Å². The molecule has 1 unspecified atom stereocenters. The molecule has 0 aliphatic carbocycles. The van der Waals surface area contributed by atoms with Crippen LogP contribution in [0.15, 0.2) is 23.0 Å². The van der Waals surface area contributed by atoms with Crippen LogP contribution in [0.5, 0.6) is 0 Å². The molecule has 18 heavy (non-hydrogen) atoms. The van der Waals surface area contributed by atoms with Crippen LogP contribution < -0.4 is 0 Å². The Hall–Kier alpha value is -1.69. The Labute approximate surface area is 108 Å². The van der Waals surface area contributed by atoms with E-state index in [9.17, 15) is 4.79 Å². The highest BCUT2D eigenvalue weighted by molar-refractivity contribution is 8.00. The van der Waals surface area contributed by atoms with Crippen LogP contribution in [0.3, 0.4) is 0 Å². The molecule has 1 aliphatic heterocycles. The van der Waals surface area contributed by atoms with Crippen molar-refractivity contribution in [2.24, 2.45) is 0 Å². The van der Waals surface area contributed by atoms with Gasteiger partial charge in [0.15, 0.2) is 5.78 Å². The lowest BCUT2D eigenvalue weighted by Gasteiger charge is -1.99. The van der Waals surface area contributed by atoms with Crippen molar-refractivity contribution >= 4 is 17.5 Å². The van der Waals surface area contributed by atoms with Gasteiger partial charge in [0, 0.05) is 23.7 Å². The molecule has 0 N–H and O–H groups in total. The molecule has 92 valence electrons. The summed E-state index contributed by atoms with van der Waals surface area (Å²) in [5, 5.41) is 3.95. The summed E-state index contributed by atoms with van der Waals surface area (Å²) in [6.45, 7) is 1.94. The van der Waals surface area contributed by atoms with Crippen molar-refractivity contribution < 1.29 is 9.32 Å². The van der Waals surface area contributed by atoms with Gasteiger partial charge < -0.3 is 4.52 Å². The molecule has 1 fully saturated rings. The molecule has 0 bridgehead atoms. The fourth-order valence-electron chi connectivity index (χ4n) is 1.89. The molecule has 5 nitrogen and oxygen atoms in total. The summed E-state index contributed by atoms with van der Waals surface area (Å²) in [5.74, 6) is 2.15. The van der Waals surface area contributed by atoms with E-state index < -0.39 is 0 Å². The van der Waals surface area contributed by atoms with Gasteiger partial charge in [-0.25, -0.2) is 0 Å². The Morgan fingerprint density at radius 2 is 2.39 bits per heavy atom. The van der Waals surface area contributed by atoms with E-state index in [1.54, 1.807) is 24.2 Å². The van der Waals surface area contributed by atoms with Gasteiger partial charge in [0.1, 0.15) is 5.92 Å². The van der Waals surface area contributed by atoms with Crippen molar-refractivity contribution in [1.82, 2.24) is 15.1 Å². The van der Waals surface area contributed by atoms with Crippen molar-refractivity contribution in [2.75, 3.05) is 11.5 Å². The molecule has 6 heteroatoms. The molecular formula is C12H11N3O2S. The topological polar surface area (TPSA) is 68.9 Å². The number of carbonyl (C=O) groups is 1. The quantitative estimate of drug-likeness (QED) is 0.821. The lowest BCUT2D eigenvalue weighted by atomic mass is 10.1. The Bertz CT molecular complexity index is 597. The number of carbonyl (C=O) groups excluding carboxylic acids is 1. The number of thioether (sulfide) groups is 1. The standard InChI is InChI=1S/C12H11N3O2S/c1-7-4-13-3-2-8(7)11-14-12(17-15-11)9-5-18-6-10(9)16/h2-4,9H,5-6H2,1H3. The predicted octanol–water partition coefficient (Wildman–Crippen LogP) is 1.84. The molecule has 2 aromatic heterocycles. The number of aromatic nitrogens is 3. The highest BCUT2D eigenvalue weighted by Crippen LogP contribution is 2.30. The van der Waals surface area contributed by atoms with Gasteiger partial charge in [-0.2, -0.15) is 16.7 Å². The largest absolute Gasteiger partial charge is 0.338 e. The average molecular weight is 261 g/mol. The number of pyridine rings is 1. The van der Waals surface area contributed by atoms with Crippen LogP contribution in [0.25, 0.3) is 11.4 Å². The van der Waals surface area contributed by atoms with Gasteiger partial charge in [-0.05, 0) is 18.6 Å². The number of nitrogens with zero attached hydrogens (tertiary/aromatic N) is 3. The Kier molecular flexibility index (Phi) is 2.87. The molecule has 0 aromatic carbocycles. The third kappa shape index (κ3) is 1.92. The highest BCUT2D eigenvalue weighted by atomic mass is 32.2. The van der Waals surface area contributed by atoms with E-state index in [1.165, 1.54) is 0 Å². The molecule has 3 rings (SSSR count). The maximum Gasteiger partial charge on any atom is 0.238 e. The summed E-state index contributed by atoms with van der Waals surface area (Å²) in [4.78, 5) is 20.0. The zero-order valence-corrected chi connectivity index (χ0v) is 10.6. The first-order valence-corrected chi connectivity index (χ1v) is 6.76. The first kappa shape index (κ1) is 11.4. The lowest BCUT2D eigenvalue weighted by molar-refractivity contribution is -0.117. The summed E-state index contributed by atoms with van der Waals surface area (Å²) in [7, 11) is 0. The third-order valence-electron chi connectivity index (χ3n) is 2.92. The van der Waals surface area contributed by atoms with Gasteiger partial charge in [-0.15, -0.1) is 0 Å². The van der Waals surface area contributed by atoms with E-state index in [0.717, 1.165) is 16.9 Å². The van der Waals surface area contributed by atoms with Gasteiger partial charge >= 0.3 is 0 Å². The van der Waals surface area contributed by atoms with Crippen LogP contribution in [-0.2, 0) is 4.79 Å². The maximum absolute atomic E-state index is 11.6. The Morgan fingerprint density at radius 1 is 1.50 bits per heavy atom. The molecule has 0 amide bonds. The van der Waals surface area contributed by atoms with Gasteiger partial charge in [0.25, 0.3) is 0 Å². The number of hydrogen-bond acceptors (Lipinski definition) is 6. The van der Waals surface area contributed by atoms with Crippen LogP contribution in [0.4, 0.5) is 0 Å². The van der Waals surface area contributed by atoms with E-state index in [0.29, 0.717) is 17.5 Å². The second-order valence-electron chi connectivity index (χ2n) is 4.18. The van der Waals surface area contributed by atoms with Crippen LogP contribution in [0.1, 0.15) is 17.4 Å². The monoisotopic (exact) mass is 261 g/mol. The van der Waals surface area contributed by atoms with Crippen LogP contribution in [-0.4, -0.2) is 32.4 Å². The van der Waals surface area contributed by atoms with E-state index in [2.05, 4.69) is 15.1 Å². The zero-order chi connectivity index (χ0) is 12.5. The fraction of sp³-hybridized carbons (Fsp3) is 0.333. The Morgan fingerprint density at radius 3 is 3.11 bits per heavy atom. The van der Waals surface area contributed by atoms with Crippen molar-refractivity contribution in [1.29, 1.82) is 0 Å². The van der Waals surface area contributed by atoms with Crippen LogP contribution in [0.2, 0.25) is 0 Å². The van der Waals surface area contributed by atoms with Crippen LogP contribution in [0, 0.1) is 6.92 Å². The van der Waals surface area contributed by atoms with E-state index in [-0.39, 0.29) is 11.7 Å². The smallest absolute Gasteiger partial charge is 0.238 e. The molecule has 0 saturated carbocycles. The number of Topliss-reactive ketones (excluding diaryl/α,β-unsaturated/α-hetero) is 1. The lowest BCUT2D eigenvalue weighted by Crippen LogP contribution is -2.09. The van der Waals surface area contributed by atoms with Crippen molar-refractivity contribution in [3.8, 4) is 11.4 Å². The number of aryl methyl sites for hydroxylation is 1. The van der Waals surface area contributed by atoms with Gasteiger partial charge in [-0.1, -0.05) is 5.16 Å². The predicted molar refractivity (Wildman–Crippen MR) is 67.3 cm³/mol. The summed E-state index contributed by atoms with van der Waals surface area (Å²) < 4.78 is 5.21. The van der Waals surface area contributed by atoms with Crippen molar-refractivity contribution in [2.45, 2.75) is 12.8 Å². The van der Waals surface area contributed by atoms with E-state index >= 15 is 0 Å².